The number of halogens is 1. The fraction of sp³-hybridized carbons (Fsp3) is 0.111. The third-order valence-electron chi connectivity index (χ3n) is 3.35. The summed E-state index contributed by atoms with van der Waals surface area (Å²) < 4.78 is 6.20. The SMILES string of the molecule is CCC(=O)Oc1ccc(Br)cc1C=C1Sc2ccccc2C1=O. The minimum Gasteiger partial charge on any atom is -0.426 e. The van der Waals surface area contributed by atoms with E-state index in [1.807, 2.05) is 30.3 Å². The molecule has 0 unspecified atom stereocenters. The molecule has 0 N–H and O–H groups in total. The summed E-state index contributed by atoms with van der Waals surface area (Å²) in [5.74, 6) is 0.149. The summed E-state index contributed by atoms with van der Waals surface area (Å²) in [6, 6.07) is 12.9. The molecule has 1 heterocycles. The lowest BCUT2D eigenvalue weighted by molar-refractivity contribution is -0.134. The predicted molar refractivity (Wildman–Crippen MR) is 94.7 cm³/mol. The van der Waals surface area contributed by atoms with Crippen molar-refractivity contribution in [1.29, 1.82) is 0 Å². The number of esters is 1. The number of Topliss-reactive ketones (excluding diaryl/α,β-unsaturated/α-hetero) is 1. The van der Waals surface area contributed by atoms with E-state index in [4.69, 9.17) is 4.74 Å². The third kappa shape index (κ3) is 3.41. The van der Waals surface area contributed by atoms with E-state index in [9.17, 15) is 9.59 Å². The summed E-state index contributed by atoms with van der Waals surface area (Å²) in [7, 11) is 0. The Morgan fingerprint density at radius 1 is 1.26 bits per heavy atom. The molecule has 0 aromatic heterocycles. The van der Waals surface area contributed by atoms with Crippen LogP contribution in [0.3, 0.4) is 0 Å². The van der Waals surface area contributed by atoms with Crippen molar-refractivity contribution in [3.8, 4) is 5.75 Å². The molecular weight excluding hydrogens is 376 g/mol. The zero-order valence-corrected chi connectivity index (χ0v) is 14.7. The van der Waals surface area contributed by atoms with Crippen LogP contribution < -0.4 is 4.74 Å². The average molecular weight is 389 g/mol. The summed E-state index contributed by atoms with van der Waals surface area (Å²) in [6.45, 7) is 1.74. The fourth-order valence-corrected chi connectivity index (χ4v) is 3.62. The van der Waals surface area contributed by atoms with Crippen LogP contribution in [-0.2, 0) is 4.79 Å². The highest BCUT2D eigenvalue weighted by Gasteiger charge is 2.25. The lowest BCUT2D eigenvalue weighted by Crippen LogP contribution is -2.06. The quantitative estimate of drug-likeness (QED) is 0.417. The maximum Gasteiger partial charge on any atom is 0.310 e. The molecule has 0 atom stereocenters. The summed E-state index contributed by atoms with van der Waals surface area (Å²) in [5.41, 5.74) is 1.41. The van der Waals surface area contributed by atoms with Gasteiger partial charge in [-0.2, -0.15) is 0 Å². The summed E-state index contributed by atoms with van der Waals surface area (Å²) >= 11 is 4.85. The molecule has 0 aliphatic carbocycles. The largest absolute Gasteiger partial charge is 0.426 e. The number of thioether (sulfide) groups is 1. The minimum absolute atomic E-state index is 0.00153. The van der Waals surface area contributed by atoms with Crippen molar-refractivity contribution in [3.63, 3.8) is 0 Å². The number of fused-ring (bicyclic) bond motifs is 1. The molecule has 0 radical (unpaired) electrons. The Kier molecular flexibility index (Phi) is 4.68. The maximum absolute atomic E-state index is 12.5. The van der Waals surface area contributed by atoms with Crippen molar-refractivity contribution in [2.75, 3.05) is 0 Å². The van der Waals surface area contributed by atoms with Gasteiger partial charge in [0.2, 0.25) is 5.78 Å². The van der Waals surface area contributed by atoms with Crippen molar-refractivity contribution < 1.29 is 14.3 Å². The van der Waals surface area contributed by atoms with Gasteiger partial charge in [0, 0.05) is 26.9 Å². The van der Waals surface area contributed by atoms with Gasteiger partial charge < -0.3 is 4.74 Å². The van der Waals surface area contributed by atoms with Gasteiger partial charge in [-0.25, -0.2) is 0 Å². The first kappa shape index (κ1) is 16.0. The van der Waals surface area contributed by atoms with Crippen LogP contribution in [0, 0.1) is 0 Å². The van der Waals surface area contributed by atoms with Gasteiger partial charge >= 0.3 is 5.97 Å². The van der Waals surface area contributed by atoms with Crippen LogP contribution in [0.25, 0.3) is 6.08 Å². The first-order valence-electron chi connectivity index (χ1n) is 7.12. The van der Waals surface area contributed by atoms with Gasteiger partial charge in [0.25, 0.3) is 0 Å². The summed E-state index contributed by atoms with van der Waals surface area (Å²) in [4.78, 5) is 25.6. The van der Waals surface area contributed by atoms with E-state index in [2.05, 4.69) is 15.9 Å². The third-order valence-corrected chi connectivity index (χ3v) is 4.94. The first-order chi connectivity index (χ1) is 11.1. The van der Waals surface area contributed by atoms with Crippen molar-refractivity contribution >= 4 is 45.5 Å². The molecule has 116 valence electrons. The van der Waals surface area contributed by atoms with Crippen molar-refractivity contribution in [2.24, 2.45) is 0 Å². The van der Waals surface area contributed by atoms with Crippen LogP contribution in [0.4, 0.5) is 0 Å². The molecule has 0 spiro atoms. The first-order valence-corrected chi connectivity index (χ1v) is 8.73. The van der Waals surface area contributed by atoms with Gasteiger partial charge in [0.1, 0.15) is 5.75 Å². The monoisotopic (exact) mass is 388 g/mol. The molecule has 3 rings (SSSR count). The van der Waals surface area contributed by atoms with Gasteiger partial charge in [-0.05, 0) is 36.4 Å². The lowest BCUT2D eigenvalue weighted by Gasteiger charge is -2.08. The second kappa shape index (κ2) is 6.72. The molecule has 0 amide bonds. The molecule has 1 aliphatic heterocycles. The standard InChI is InChI=1S/C18H13BrO3S/c1-2-17(20)22-14-8-7-12(19)9-11(14)10-16-18(21)13-5-3-4-6-15(13)23-16/h3-10H,2H2,1H3. The Morgan fingerprint density at radius 2 is 2.04 bits per heavy atom. The van der Waals surface area contributed by atoms with Gasteiger partial charge in [-0.15, -0.1) is 0 Å². The zero-order valence-electron chi connectivity index (χ0n) is 12.3. The fourth-order valence-electron chi connectivity index (χ4n) is 2.20. The Morgan fingerprint density at radius 3 is 2.78 bits per heavy atom. The molecule has 0 saturated carbocycles. The van der Waals surface area contributed by atoms with Gasteiger partial charge in [0.05, 0.1) is 4.91 Å². The topological polar surface area (TPSA) is 43.4 Å². The lowest BCUT2D eigenvalue weighted by atomic mass is 10.1. The van der Waals surface area contributed by atoms with E-state index in [0.29, 0.717) is 28.2 Å². The molecule has 0 saturated heterocycles. The van der Waals surface area contributed by atoms with Crippen molar-refractivity contribution in [3.05, 3.63) is 63.0 Å². The van der Waals surface area contributed by atoms with Crippen LogP contribution in [0.5, 0.6) is 5.75 Å². The number of carbonyl (C=O) groups excluding carboxylic acids is 2. The van der Waals surface area contributed by atoms with E-state index in [1.54, 1.807) is 25.1 Å². The Labute approximate surface area is 146 Å². The highest BCUT2D eigenvalue weighted by atomic mass is 79.9. The van der Waals surface area contributed by atoms with Crippen molar-refractivity contribution in [2.45, 2.75) is 18.2 Å². The van der Waals surface area contributed by atoms with Crippen LogP contribution in [0.15, 0.2) is 56.7 Å². The van der Waals surface area contributed by atoms with Gasteiger partial charge in [0.15, 0.2) is 0 Å². The molecule has 3 nitrogen and oxygen atoms in total. The Hall–Kier alpha value is -1.85. The summed E-state index contributed by atoms with van der Waals surface area (Å²) in [6.07, 6.45) is 2.07. The van der Waals surface area contributed by atoms with E-state index in [-0.39, 0.29) is 11.8 Å². The van der Waals surface area contributed by atoms with Gasteiger partial charge in [-0.1, -0.05) is 46.7 Å². The molecule has 1 aliphatic rings. The number of rotatable bonds is 3. The molecule has 0 fully saturated rings. The molecule has 5 heteroatoms. The second-order valence-electron chi connectivity index (χ2n) is 4.95. The molecular formula is C18H13BrO3S. The normalized spacial score (nSPS) is 14.9. The summed E-state index contributed by atoms with van der Waals surface area (Å²) in [5, 5.41) is 0. The molecule has 2 aromatic rings. The molecule has 2 aromatic carbocycles. The highest BCUT2D eigenvalue weighted by Crippen LogP contribution is 2.41. The number of hydrogen-bond acceptors (Lipinski definition) is 4. The van der Waals surface area contributed by atoms with Crippen LogP contribution in [0.1, 0.15) is 29.3 Å². The number of carbonyl (C=O) groups is 2. The Balaban J connectivity index is 1.98. The smallest absolute Gasteiger partial charge is 0.310 e. The zero-order chi connectivity index (χ0) is 16.4. The van der Waals surface area contributed by atoms with E-state index < -0.39 is 0 Å². The second-order valence-corrected chi connectivity index (χ2v) is 6.95. The van der Waals surface area contributed by atoms with Crippen LogP contribution in [-0.4, -0.2) is 11.8 Å². The van der Waals surface area contributed by atoms with Crippen molar-refractivity contribution in [1.82, 2.24) is 0 Å². The maximum atomic E-state index is 12.5. The molecule has 0 bridgehead atoms. The highest BCUT2D eigenvalue weighted by molar-refractivity contribution is 9.10. The number of benzene rings is 2. The van der Waals surface area contributed by atoms with E-state index in [0.717, 1.165) is 9.37 Å². The average Bonchev–Trinajstić information content (AvgIpc) is 2.86. The number of hydrogen-bond donors (Lipinski definition) is 0. The predicted octanol–water partition coefficient (Wildman–Crippen LogP) is 5.09. The van der Waals surface area contributed by atoms with Gasteiger partial charge in [-0.3, -0.25) is 9.59 Å². The molecule has 23 heavy (non-hydrogen) atoms. The van der Waals surface area contributed by atoms with E-state index in [1.165, 1.54) is 11.8 Å². The number of ketones is 1. The minimum atomic E-state index is -0.305. The van der Waals surface area contributed by atoms with E-state index >= 15 is 0 Å². The number of ether oxygens (including phenoxy) is 1. The Bertz CT molecular complexity index is 827. The van der Waals surface area contributed by atoms with Crippen LogP contribution >= 0.6 is 27.7 Å². The number of allylic oxidation sites excluding steroid dienone is 1. The van der Waals surface area contributed by atoms with Crippen LogP contribution in [0.2, 0.25) is 0 Å².